The molecule has 1 fully saturated rings. The Bertz CT molecular complexity index is 822. The van der Waals surface area contributed by atoms with Crippen molar-refractivity contribution in [3.63, 3.8) is 0 Å². The lowest BCUT2D eigenvalue weighted by atomic mass is 10.1. The molecule has 1 unspecified atom stereocenters. The topological polar surface area (TPSA) is 68.0 Å². The fraction of sp³-hybridized carbons (Fsp3) is 0.588. The Morgan fingerprint density at radius 1 is 1.25 bits per heavy atom. The zero-order chi connectivity index (χ0) is 16.7. The van der Waals surface area contributed by atoms with Crippen LogP contribution in [0.1, 0.15) is 67.9 Å². The largest absolute Gasteiger partial charge is 0.275 e. The van der Waals surface area contributed by atoms with Gasteiger partial charge < -0.3 is 0 Å². The molecular weight excluding hydrogens is 322 g/mol. The van der Waals surface area contributed by atoms with E-state index in [1.165, 1.54) is 25.7 Å². The predicted octanol–water partition coefficient (Wildman–Crippen LogP) is 3.69. The molecule has 0 amide bonds. The van der Waals surface area contributed by atoms with Gasteiger partial charge in [0.1, 0.15) is 0 Å². The molecule has 1 aliphatic heterocycles. The number of aromatic nitrogens is 4. The number of aliphatic imine (C=N–C) groups is 1. The van der Waals surface area contributed by atoms with Crippen molar-refractivity contribution in [1.29, 1.82) is 0 Å². The number of H-pyrrole nitrogens is 1. The molecule has 0 bridgehead atoms. The van der Waals surface area contributed by atoms with Crippen LogP contribution in [0.4, 0.5) is 5.82 Å². The van der Waals surface area contributed by atoms with Gasteiger partial charge in [-0.1, -0.05) is 37.4 Å². The van der Waals surface area contributed by atoms with Gasteiger partial charge in [-0.15, -0.1) is 0 Å². The van der Waals surface area contributed by atoms with Gasteiger partial charge in [0, 0.05) is 18.8 Å². The zero-order valence-electron chi connectivity index (χ0n) is 14.2. The first-order valence-corrected chi connectivity index (χ1v) is 9.56. The Hall–Kier alpha value is -1.76. The van der Waals surface area contributed by atoms with Crippen molar-refractivity contribution < 1.29 is 0 Å². The molecule has 4 rings (SSSR count). The highest BCUT2D eigenvalue weighted by Gasteiger charge is 2.32. The Labute approximate surface area is 145 Å². The summed E-state index contributed by atoms with van der Waals surface area (Å²) in [5.41, 5.74) is 1.83. The van der Waals surface area contributed by atoms with E-state index in [-0.39, 0.29) is 10.8 Å². The van der Waals surface area contributed by atoms with Gasteiger partial charge in [0.15, 0.2) is 5.82 Å². The fourth-order valence-corrected chi connectivity index (χ4v) is 4.87. The van der Waals surface area contributed by atoms with Crippen LogP contribution in [-0.2, 0) is 7.05 Å². The molecule has 7 heteroatoms. The maximum atomic E-state index is 12.7. The second-order valence-electron chi connectivity index (χ2n) is 6.77. The van der Waals surface area contributed by atoms with Gasteiger partial charge in [0.2, 0.25) is 0 Å². The minimum absolute atomic E-state index is 0.00755. The lowest BCUT2D eigenvalue weighted by Gasteiger charge is -2.22. The van der Waals surface area contributed by atoms with Crippen molar-refractivity contribution in [1.82, 2.24) is 19.6 Å². The summed E-state index contributed by atoms with van der Waals surface area (Å²) in [4.78, 5) is 17.5. The van der Waals surface area contributed by atoms with Crippen LogP contribution in [0, 0.1) is 0 Å². The van der Waals surface area contributed by atoms with E-state index >= 15 is 0 Å². The number of aromatic amines is 1. The first-order chi connectivity index (χ1) is 11.6. The lowest BCUT2D eigenvalue weighted by Crippen LogP contribution is -2.13. The molecule has 0 spiro atoms. The first-order valence-electron chi connectivity index (χ1n) is 8.68. The minimum atomic E-state index is -0.0259. The van der Waals surface area contributed by atoms with Crippen molar-refractivity contribution in [2.75, 3.05) is 0 Å². The average Bonchev–Trinajstić information content (AvgIpc) is 3.00. The summed E-state index contributed by atoms with van der Waals surface area (Å²) in [5, 5.41) is 8.34. The van der Waals surface area contributed by atoms with E-state index < -0.39 is 0 Å². The van der Waals surface area contributed by atoms with E-state index in [1.807, 2.05) is 26.4 Å². The van der Waals surface area contributed by atoms with E-state index in [4.69, 9.17) is 4.99 Å². The number of fused-ring (bicyclic) bond motifs is 1. The number of aryl methyl sites for hydroxylation is 1. The molecule has 1 aliphatic carbocycles. The monoisotopic (exact) mass is 345 g/mol. The van der Waals surface area contributed by atoms with E-state index in [2.05, 4.69) is 14.9 Å². The molecule has 3 heterocycles. The Morgan fingerprint density at radius 3 is 2.67 bits per heavy atom. The molecule has 2 aromatic heterocycles. The molecule has 6 nitrogen and oxygen atoms in total. The summed E-state index contributed by atoms with van der Waals surface area (Å²) in [6, 6.07) is 0.359. The highest BCUT2D eigenvalue weighted by Crippen LogP contribution is 2.44. The van der Waals surface area contributed by atoms with E-state index in [0.29, 0.717) is 6.04 Å². The zero-order valence-corrected chi connectivity index (χ0v) is 15.0. The van der Waals surface area contributed by atoms with Gasteiger partial charge in [-0.3, -0.25) is 19.3 Å². The van der Waals surface area contributed by atoms with Crippen LogP contribution in [0.25, 0.3) is 0 Å². The van der Waals surface area contributed by atoms with Crippen LogP contribution in [0.15, 0.2) is 22.2 Å². The molecule has 0 radical (unpaired) electrons. The molecule has 1 saturated carbocycles. The Kier molecular flexibility index (Phi) is 4.12. The minimum Gasteiger partial charge on any atom is -0.275 e. The Morgan fingerprint density at radius 2 is 2.00 bits per heavy atom. The summed E-state index contributed by atoms with van der Waals surface area (Å²) < 4.78 is 3.84. The fourth-order valence-electron chi connectivity index (χ4n) is 3.80. The predicted molar refractivity (Wildman–Crippen MR) is 97.2 cm³/mol. The van der Waals surface area contributed by atoms with Crippen molar-refractivity contribution in [3.05, 3.63) is 33.9 Å². The smallest absolute Gasteiger partial charge is 0.271 e. The van der Waals surface area contributed by atoms with E-state index in [0.717, 1.165) is 34.8 Å². The summed E-state index contributed by atoms with van der Waals surface area (Å²) >= 11 is 1.64. The molecule has 24 heavy (non-hydrogen) atoms. The first kappa shape index (κ1) is 15.7. The highest BCUT2D eigenvalue weighted by atomic mass is 32.2. The van der Waals surface area contributed by atoms with Gasteiger partial charge in [0.25, 0.3) is 5.56 Å². The van der Waals surface area contributed by atoms with Crippen molar-refractivity contribution >= 4 is 22.6 Å². The third-order valence-corrected chi connectivity index (χ3v) is 6.14. The van der Waals surface area contributed by atoms with Crippen LogP contribution in [0.2, 0.25) is 0 Å². The van der Waals surface area contributed by atoms with Crippen LogP contribution in [0.5, 0.6) is 0 Å². The number of nitrogens with zero attached hydrogens (tertiary/aromatic N) is 4. The van der Waals surface area contributed by atoms with Gasteiger partial charge in [-0.2, -0.15) is 5.10 Å². The number of hydrogen-bond donors (Lipinski definition) is 1. The second kappa shape index (κ2) is 6.27. The number of nitrogens with one attached hydrogen (secondary N) is 1. The van der Waals surface area contributed by atoms with Crippen LogP contribution in [0.3, 0.4) is 0 Å². The number of rotatable bonds is 2. The Balaban J connectivity index is 1.80. The molecule has 0 aromatic carbocycles. The molecule has 1 atom stereocenters. The summed E-state index contributed by atoms with van der Waals surface area (Å²) in [7, 11) is 1.90. The molecule has 2 aliphatic rings. The molecule has 2 aromatic rings. The molecule has 1 N–H and O–H groups in total. The average molecular weight is 345 g/mol. The standard InChI is InChI=1S/C17H23N5OS/c1-11-19-16-14(15(24-11)12-9-18-21(2)10-12)17(23)20-22(16)13-7-5-3-4-6-8-13/h9-10,13,15H,3-8H2,1-2H3,(H,20,23). The van der Waals surface area contributed by atoms with Crippen molar-refractivity contribution in [3.8, 4) is 0 Å². The second-order valence-corrected chi connectivity index (χ2v) is 8.07. The van der Waals surface area contributed by atoms with Crippen molar-refractivity contribution in [2.45, 2.75) is 56.7 Å². The highest BCUT2D eigenvalue weighted by molar-refractivity contribution is 8.14. The third kappa shape index (κ3) is 2.75. The number of hydrogen-bond acceptors (Lipinski definition) is 4. The normalized spacial score (nSPS) is 22.1. The van der Waals surface area contributed by atoms with Gasteiger partial charge in [-0.25, -0.2) is 4.99 Å². The van der Waals surface area contributed by atoms with Gasteiger partial charge in [0.05, 0.1) is 28.1 Å². The van der Waals surface area contributed by atoms with Crippen LogP contribution in [-0.4, -0.2) is 24.6 Å². The van der Waals surface area contributed by atoms with Crippen molar-refractivity contribution in [2.24, 2.45) is 12.0 Å². The third-order valence-electron chi connectivity index (χ3n) is 4.97. The maximum absolute atomic E-state index is 12.7. The molecule has 0 saturated heterocycles. The lowest BCUT2D eigenvalue weighted by molar-refractivity contribution is 0.407. The summed E-state index contributed by atoms with van der Waals surface area (Å²) in [6.07, 6.45) is 11.1. The SMILES string of the molecule is CC1=Nc2c(c(=O)[nH]n2C2CCCCCC2)C(c2cnn(C)c2)S1. The molecule has 128 valence electrons. The quantitative estimate of drug-likeness (QED) is 0.844. The molecular formula is C17H23N5OS. The van der Waals surface area contributed by atoms with E-state index in [9.17, 15) is 4.79 Å². The maximum Gasteiger partial charge on any atom is 0.271 e. The summed E-state index contributed by atoms with van der Waals surface area (Å²) in [5.74, 6) is 0.831. The van der Waals surface area contributed by atoms with Gasteiger partial charge >= 0.3 is 0 Å². The van der Waals surface area contributed by atoms with Gasteiger partial charge in [-0.05, 0) is 19.8 Å². The number of thioether (sulfide) groups is 1. The van der Waals surface area contributed by atoms with E-state index in [1.54, 1.807) is 16.4 Å². The summed E-state index contributed by atoms with van der Waals surface area (Å²) in [6.45, 7) is 2.02. The van der Waals surface area contributed by atoms with Crippen LogP contribution >= 0.6 is 11.8 Å². The van der Waals surface area contributed by atoms with Crippen LogP contribution < -0.4 is 5.56 Å².